The number of nitrogens with two attached hydrogens (primary N) is 1. The van der Waals surface area contributed by atoms with Crippen LogP contribution >= 0.6 is 11.3 Å². The van der Waals surface area contributed by atoms with E-state index in [1.165, 1.54) is 12.1 Å². The highest BCUT2D eigenvalue weighted by Gasteiger charge is 2.49. The molecule has 4 fully saturated rings. The fraction of sp³-hybridized carbons (Fsp3) is 0.500. The third kappa shape index (κ3) is 3.96. The van der Waals surface area contributed by atoms with E-state index in [0.717, 1.165) is 56.7 Å². The van der Waals surface area contributed by atoms with Gasteiger partial charge >= 0.3 is 6.01 Å². The fourth-order valence-corrected chi connectivity index (χ4v) is 8.19. The van der Waals surface area contributed by atoms with Gasteiger partial charge in [0.1, 0.15) is 35.6 Å². The Hall–Kier alpha value is -3.29. The van der Waals surface area contributed by atoms with E-state index in [1.807, 2.05) is 0 Å². The van der Waals surface area contributed by atoms with Crippen LogP contribution in [0.3, 0.4) is 0 Å². The van der Waals surface area contributed by atoms with Crippen molar-refractivity contribution in [1.29, 1.82) is 0 Å². The number of hydrogen-bond donors (Lipinski definition) is 2. The Bertz CT molecular complexity index is 1670. The summed E-state index contributed by atoms with van der Waals surface area (Å²) in [4.78, 5) is 22.6. The number of thiazole rings is 1. The van der Waals surface area contributed by atoms with Gasteiger partial charge in [-0.15, -0.1) is 0 Å². The van der Waals surface area contributed by atoms with Crippen LogP contribution in [0.5, 0.6) is 6.01 Å². The normalized spacial score (nSPS) is 27.8. The molecule has 8 rings (SSSR count). The molecule has 0 spiro atoms. The molecule has 9 nitrogen and oxygen atoms in total. The van der Waals surface area contributed by atoms with Crippen LogP contribution in [-0.2, 0) is 0 Å². The molecule has 0 radical (unpaired) electrons. The maximum absolute atomic E-state index is 16.5. The first-order chi connectivity index (χ1) is 19.9. The van der Waals surface area contributed by atoms with Crippen LogP contribution in [0.2, 0.25) is 0 Å². The van der Waals surface area contributed by atoms with Gasteiger partial charge < -0.3 is 20.7 Å². The highest BCUT2D eigenvalue weighted by Crippen LogP contribution is 2.42. The average molecular weight is 583 g/mol. The number of benzene rings is 1. The number of rotatable bonds is 5. The van der Waals surface area contributed by atoms with Crippen LogP contribution in [0, 0.1) is 11.6 Å². The van der Waals surface area contributed by atoms with Crippen molar-refractivity contribution in [1.82, 2.24) is 30.2 Å². The predicted molar refractivity (Wildman–Crippen MR) is 151 cm³/mol. The molecule has 0 aliphatic carbocycles. The molecule has 41 heavy (non-hydrogen) atoms. The topological polar surface area (TPSA) is 105 Å². The van der Waals surface area contributed by atoms with Crippen molar-refractivity contribution in [3.05, 3.63) is 30.0 Å². The Balaban J connectivity index is 1.26. The molecule has 4 atom stereocenters. The zero-order valence-electron chi connectivity index (χ0n) is 22.2. The van der Waals surface area contributed by atoms with Gasteiger partial charge in [0.2, 0.25) is 0 Å². The van der Waals surface area contributed by atoms with E-state index in [4.69, 9.17) is 15.5 Å². The minimum absolute atomic E-state index is 0.00306. The lowest BCUT2D eigenvalue weighted by molar-refractivity contribution is 0.107. The van der Waals surface area contributed by atoms with Gasteiger partial charge in [-0.05, 0) is 44.4 Å². The molecule has 13 heteroatoms. The van der Waals surface area contributed by atoms with Crippen molar-refractivity contribution in [2.45, 2.75) is 55.9 Å². The molecule has 4 aromatic rings. The first-order valence-corrected chi connectivity index (χ1v) is 14.9. The monoisotopic (exact) mass is 582 g/mol. The van der Waals surface area contributed by atoms with E-state index < -0.39 is 23.3 Å². The van der Waals surface area contributed by atoms with Crippen molar-refractivity contribution < 1.29 is 17.9 Å². The molecule has 0 amide bonds. The smallest absolute Gasteiger partial charge is 0.319 e. The number of alkyl halides is 1. The third-order valence-electron chi connectivity index (χ3n) is 9.27. The molecular formula is C28H29F3N8OS. The predicted octanol–water partition coefficient (Wildman–Crippen LogP) is 4.06. The second-order valence-corrected chi connectivity index (χ2v) is 12.7. The van der Waals surface area contributed by atoms with Gasteiger partial charge in [0, 0.05) is 49.9 Å². The Labute approximate surface area is 237 Å². The largest absolute Gasteiger partial charge is 0.461 e. The summed E-state index contributed by atoms with van der Waals surface area (Å²) >= 11 is 1.01. The number of fused-ring (bicyclic) bond motifs is 5. The maximum Gasteiger partial charge on any atom is 0.319 e. The summed E-state index contributed by atoms with van der Waals surface area (Å²) in [7, 11) is 0. The van der Waals surface area contributed by atoms with E-state index in [-0.39, 0.29) is 51.3 Å². The minimum Gasteiger partial charge on any atom is -0.461 e. The second kappa shape index (κ2) is 9.36. The average Bonchev–Trinajstić information content (AvgIpc) is 3.68. The maximum atomic E-state index is 16.5. The molecule has 3 N–H and O–H groups in total. The second-order valence-electron chi connectivity index (χ2n) is 11.7. The van der Waals surface area contributed by atoms with Crippen molar-refractivity contribution >= 4 is 43.4 Å². The molecule has 2 unspecified atom stereocenters. The van der Waals surface area contributed by atoms with Gasteiger partial charge in [0.25, 0.3) is 0 Å². The van der Waals surface area contributed by atoms with Crippen molar-refractivity contribution in [2.24, 2.45) is 0 Å². The molecule has 1 aromatic carbocycles. The van der Waals surface area contributed by atoms with Crippen molar-refractivity contribution in [2.75, 3.05) is 43.4 Å². The first-order valence-electron chi connectivity index (χ1n) is 14.1. The lowest BCUT2D eigenvalue weighted by Crippen LogP contribution is -2.52. The summed E-state index contributed by atoms with van der Waals surface area (Å²) in [5.74, 6) is -0.547. The van der Waals surface area contributed by atoms with Gasteiger partial charge in [0.05, 0.1) is 21.1 Å². The summed E-state index contributed by atoms with van der Waals surface area (Å²) in [5, 5.41) is 4.14. The molecule has 7 heterocycles. The first kappa shape index (κ1) is 25.4. The third-order valence-corrected chi connectivity index (χ3v) is 10.2. The van der Waals surface area contributed by atoms with E-state index in [2.05, 4.69) is 30.1 Å². The number of nitrogen functional groups attached to an aromatic ring is 1. The number of anilines is 2. The van der Waals surface area contributed by atoms with Crippen LogP contribution < -0.4 is 20.7 Å². The SMILES string of the molecule is Nc1nc2c(-c3ncc4c(N5C6CCC5CNC6)nc(OC[C@@]56CCCN5C[C@H](F)C6)nc4c3F)ccc(F)c2s1. The van der Waals surface area contributed by atoms with Gasteiger partial charge in [-0.25, -0.2) is 18.2 Å². The van der Waals surface area contributed by atoms with Crippen LogP contribution in [0.25, 0.3) is 32.4 Å². The minimum atomic E-state index is -0.887. The molecule has 0 saturated carbocycles. The van der Waals surface area contributed by atoms with Crippen molar-refractivity contribution in [3.8, 4) is 17.3 Å². The summed E-state index contributed by atoms with van der Waals surface area (Å²) in [5.41, 5.74) is 6.15. The quantitative estimate of drug-likeness (QED) is 0.361. The van der Waals surface area contributed by atoms with Crippen LogP contribution in [-0.4, -0.2) is 81.4 Å². The van der Waals surface area contributed by atoms with Crippen LogP contribution in [0.1, 0.15) is 32.1 Å². The van der Waals surface area contributed by atoms with Crippen LogP contribution in [0.15, 0.2) is 18.3 Å². The highest BCUT2D eigenvalue weighted by atomic mass is 32.1. The number of piperazine rings is 1. The molecule has 3 aromatic heterocycles. The number of hydrogen-bond acceptors (Lipinski definition) is 10. The molecule has 2 bridgehead atoms. The summed E-state index contributed by atoms with van der Waals surface area (Å²) in [6.07, 6.45) is 4.94. The van der Waals surface area contributed by atoms with E-state index in [0.29, 0.717) is 29.7 Å². The number of ether oxygens (including phenoxy) is 1. The molecule has 214 valence electrons. The number of halogens is 3. The Morgan fingerprint density at radius 2 is 1.95 bits per heavy atom. The lowest BCUT2D eigenvalue weighted by Gasteiger charge is -2.37. The number of nitrogens with zero attached hydrogens (tertiary/aromatic N) is 6. The zero-order chi connectivity index (χ0) is 27.9. The highest BCUT2D eigenvalue weighted by molar-refractivity contribution is 7.22. The van der Waals surface area contributed by atoms with Gasteiger partial charge in [0.15, 0.2) is 10.9 Å². The summed E-state index contributed by atoms with van der Waals surface area (Å²) in [6, 6.07) is 3.22. The molecule has 4 saturated heterocycles. The standard InChI is InChI=1S/C28H29F3N8OS/c29-14-8-28(6-1-7-38(28)12-14)13-40-27-36-22-18(25(37-27)39-15-2-3-16(39)10-33-9-15)11-34-21(20(22)31)17-4-5-19(30)24-23(17)35-26(32)41-24/h4-5,11,14-16,33H,1-3,6-10,12-13H2,(H2,32,35)/t14-,15?,16?,28+/m1/s1. The van der Waals surface area contributed by atoms with E-state index >= 15 is 4.39 Å². The van der Waals surface area contributed by atoms with E-state index in [9.17, 15) is 8.78 Å². The van der Waals surface area contributed by atoms with Gasteiger partial charge in [-0.2, -0.15) is 9.97 Å². The number of aromatic nitrogens is 4. The molecular weight excluding hydrogens is 553 g/mol. The van der Waals surface area contributed by atoms with E-state index in [1.54, 1.807) is 6.20 Å². The van der Waals surface area contributed by atoms with Gasteiger partial charge in [-0.3, -0.25) is 9.88 Å². The summed E-state index contributed by atoms with van der Waals surface area (Å²) < 4.78 is 51.8. The Morgan fingerprint density at radius 1 is 1.12 bits per heavy atom. The van der Waals surface area contributed by atoms with Gasteiger partial charge in [-0.1, -0.05) is 11.3 Å². The zero-order valence-corrected chi connectivity index (χ0v) is 23.1. The Kier molecular flexibility index (Phi) is 5.81. The summed E-state index contributed by atoms with van der Waals surface area (Å²) in [6.45, 7) is 3.11. The molecule has 4 aliphatic rings. The fourth-order valence-electron chi connectivity index (χ4n) is 7.43. The lowest BCUT2D eigenvalue weighted by atomic mass is 9.95. The van der Waals surface area contributed by atoms with Crippen LogP contribution in [0.4, 0.5) is 24.1 Å². The van der Waals surface area contributed by atoms with Crippen molar-refractivity contribution in [3.63, 3.8) is 0 Å². The number of pyridine rings is 1. The number of nitrogens with one attached hydrogen (secondary N) is 1. The molecule has 4 aliphatic heterocycles. The Morgan fingerprint density at radius 3 is 2.78 bits per heavy atom.